The van der Waals surface area contributed by atoms with Gasteiger partial charge < -0.3 is 10.2 Å². The highest BCUT2D eigenvalue weighted by Gasteiger charge is 2.51. The maximum absolute atomic E-state index is 13.0. The maximum Gasteiger partial charge on any atom is 0.263 e. The fourth-order valence-electron chi connectivity index (χ4n) is 4.46. The molecule has 1 N–H and O–H groups in total. The van der Waals surface area contributed by atoms with E-state index in [9.17, 15) is 9.59 Å². The summed E-state index contributed by atoms with van der Waals surface area (Å²) in [5, 5.41) is 9.42. The lowest BCUT2D eigenvalue weighted by Crippen LogP contribution is -2.47. The van der Waals surface area contributed by atoms with Crippen molar-refractivity contribution in [3.05, 3.63) is 56.4 Å². The smallest absolute Gasteiger partial charge is 0.263 e. The molecule has 2 aliphatic rings. The molecule has 2 aliphatic heterocycles. The van der Waals surface area contributed by atoms with Gasteiger partial charge in [0.2, 0.25) is 0 Å². The van der Waals surface area contributed by atoms with E-state index < -0.39 is 0 Å². The summed E-state index contributed by atoms with van der Waals surface area (Å²) in [7, 11) is 0. The van der Waals surface area contributed by atoms with Gasteiger partial charge in [-0.3, -0.25) is 9.59 Å². The number of hydrogen-bond acceptors (Lipinski definition) is 6. The number of carbonyl (C=O) groups is 2. The highest BCUT2D eigenvalue weighted by Crippen LogP contribution is 2.48. The molecule has 0 aliphatic carbocycles. The molecule has 2 amide bonds. The molecular formula is C20H21N5O2S2. The van der Waals surface area contributed by atoms with Crippen molar-refractivity contribution in [1.29, 1.82) is 0 Å². The topological polar surface area (TPSA) is 80.1 Å². The minimum atomic E-state index is -0.267. The Morgan fingerprint density at radius 2 is 2.07 bits per heavy atom. The average Bonchev–Trinajstić information content (AvgIpc) is 3.51. The van der Waals surface area contributed by atoms with Gasteiger partial charge in [-0.25, -0.2) is 9.67 Å². The molecule has 5 rings (SSSR count). The third kappa shape index (κ3) is 3.18. The van der Waals surface area contributed by atoms with Crippen molar-refractivity contribution < 1.29 is 9.59 Å². The number of nitrogens with zero attached hydrogens (tertiary/aromatic N) is 4. The highest BCUT2D eigenvalue weighted by molar-refractivity contribution is 7.14. The molecular weight excluding hydrogens is 406 g/mol. The Bertz CT molecular complexity index is 1060. The van der Waals surface area contributed by atoms with Crippen molar-refractivity contribution in [1.82, 2.24) is 25.0 Å². The second-order valence-corrected chi connectivity index (χ2v) is 9.96. The number of aryl methyl sites for hydroxylation is 2. The van der Waals surface area contributed by atoms with E-state index in [4.69, 9.17) is 0 Å². The molecule has 3 aromatic rings. The van der Waals surface area contributed by atoms with Gasteiger partial charge in [0.1, 0.15) is 12.2 Å². The van der Waals surface area contributed by atoms with Gasteiger partial charge in [0.15, 0.2) is 0 Å². The summed E-state index contributed by atoms with van der Waals surface area (Å²) in [6, 6.07) is 7.32. The number of rotatable bonds is 3. The van der Waals surface area contributed by atoms with Crippen LogP contribution >= 0.6 is 22.7 Å². The zero-order chi connectivity index (χ0) is 20.0. The van der Waals surface area contributed by atoms with Crippen LogP contribution in [0.15, 0.2) is 36.0 Å². The molecule has 5 heterocycles. The standard InChI is InChI=1S/C20H21N5O2S2/c1-13-4-5-15(29-13)19(27)24-8-6-20(11-24)7-9-25-17(21-12-22-25)16(20)23-18(26)14-3-2-10-28-14/h2-5,10,12,16H,6-9,11H2,1H3,(H,23,26). The number of nitrogens with one attached hydrogen (secondary N) is 1. The first kappa shape index (κ1) is 18.5. The first-order chi connectivity index (χ1) is 14.1. The first-order valence-corrected chi connectivity index (χ1v) is 11.3. The van der Waals surface area contributed by atoms with E-state index in [0.717, 1.165) is 35.0 Å². The number of thiophene rings is 2. The van der Waals surface area contributed by atoms with Gasteiger partial charge in [0, 0.05) is 29.9 Å². The van der Waals surface area contributed by atoms with Crippen molar-refractivity contribution in [3.8, 4) is 0 Å². The first-order valence-electron chi connectivity index (χ1n) is 9.63. The minimum Gasteiger partial charge on any atom is -0.341 e. The van der Waals surface area contributed by atoms with Gasteiger partial charge in [0.25, 0.3) is 11.8 Å². The van der Waals surface area contributed by atoms with E-state index >= 15 is 0 Å². The van der Waals surface area contributed by atoms with Crippen molar-refractivity contribution in [2.24, 2.45) is 5.41 Å². The van der Waals surface area contributed by atoms with Crippen LogP contribution in [0.3, 0.4) is 0 Å². The van der Waals surface area contributed by atoms with Crippen LogP contribution in [-0.2, 0) is 6.54 Å². The van der Waals surface area contributed by atoms with Gasteiger partial charge >= 0.3 is 0 Å². The van der Waals surface area contributed by atoms with Crippen LogP contribution in [0.4, 0.5) is 0 Å². The van der Waals surface area contributed by atoms with Crippen LogP contribution in [0.2, 0.25) is 0 Å². The fourth-order valence-corrected chi connectivity index (χ4v) is 5.92. The largest absolute Gasteiger partial charge is 0.341 e. The summed E-state index contributed by atoms with van der Waals surface area (Å²) >= 11 is 2.95. The lowest BCUT2D eigenvalue weighted by atomic mass is 9.74. The molecule has 0 saturated carbocycles. The minimum absolute atomic E-state index is 0.0790. The van der Waals surface area contributed by atoms with Crippen LogP contribution < -0.4 is 5.32 Å². The molecule has 0 bridgehead atoms. The van der Waals surface area contributed by atoms with Crippen LogP contribution in [0, 0.1) is 12.3 Å². The lowest BCUT2D eigenvalue weighted by molar-refractivity contribution is 0.0706. The van der Waals surface area contributed by atoms with E-state index in [2.05, 4.69) is 15.4 Å². The Morgan fingerprint density at radius 3 is 2.83 bits per heavy atom. The Labute approximate surface area is 176 Å². The van der Waals surface area contributed by atoms with E-state index in [1.54, 1.807) is 6.33 Å². The molecule has 1 fully saturated rings. The zero-order valence-corrected chi connectivity index (χ0v) is 17.6. The predicted molar refractivity (Wildman–Crippen MR) is 111 cm³/mol. The molecule has 2 atom stereocenters. The third-order valence-corrected chi connectivity index (χ3v) is 7.84. The van der Waals surface area contributed by atoms with E-state index in [1.807, 2.05) is 46.2 Å². The third-order valence-electron chi connectivity index (χ3n) is 5.98. The van der Waals surface area contributed by atoms with Gasteiger partial charge in [0.05, 0.1) is 15.8 Å². The van der Waals surface area contributed by atoms with Crippen LogP contribution in [-0.4, -0.2) is 44.6 Å². The Morgan fingerprint density at radius 1 is 1.21 bits per heavy atom. The van der Waals surface area contributed by atoms with Gasteiger partial charge in [-0.2, -0.15) is 5.10 Å². The monoisotopic (exact) mass is 427 g/mol. The molecule has 1 spiro atoms. The quantitative estimate of drug-likeness (QED) is 0.696. The van der Waals surface area contributed by atoms with Gasteiger partial charge in [-0.1, -0.05) is 6.07 Å². The lowest BCUT2D eigenvalue weighted by Gasteiger charge is -2.40. The second kappa shape index (κ2) is 7.07. The normalized spacial score (nSPS) is 23.3. The molecule has 1 saturated heterocycles. The Hall–Kier alpha value is -2.52. The maximum atomic E-state index is 13.0. The summed E-state index contributed by atoms with van der Waals surface area (Å²) in [6.45, 7) is 4.07. The number of hydrogen-bond donors (Lipinski definition) is 1. The fraction of sp³-hybridized carbons (Fsp3) is 0.400. The molecule has 0 aromatic carbocycles. The molecule has 2 unspecified atom stereocenters. The Balaban J connectivity index is 1.43. The molecule has 9 heteroatoms. The predicted octanol–water partition coefficient (Wildman–Crippen LogP) is 3.12. The Kier molecular flexibility index (Phi) is 4.51. The summed E-state index contributed by atoms with van der Waals surface area (Å²) in [6.07, 6.45) is 3.24. The number of fused-ring (bicyclic) bond motifs is 1. The molecule has 0 radical (unpaired) electrons. The number of aromatic nitrogens is 3. The average molecular weight is 428 g/mol. The molecule has 150 valence electrons. The van der Waals surface area contributed by atoms with Crippen molar-refractivity contribution in [3.63, 3.8) is 0 Å². The molecule has 29 heavy (non-hydrogen) atoms. The second-order valence-electron chi connectivity index (χ2n) is 7.72. The summed E-state index contributed by atoms with van der Waals surface area (Å²) < 4.78 is 1.87. The SMILES string of the molecule is Cc1ccc(C(=O)N2CCC3(CCn4ncnc4C3NC(=O)c3cccs3)C2)s1. The summed E-state index contributed by atoms with van der Waals surface area (Å²) in [4.78, 5) is 34.8. The van der Waals surface area contributed by atoms with E-state index in [-0.39, 0.29) is 23.3 Å². The van der Waals surface area contributed by atoms with Crippen molar-refractivity contribution >= 4 is 34.5 Å². The van der Waals surface area contributed by atoms with Crippen LogP contribution in [0.25, 0.3) is 0 Å². The van der Waals surface area contributed by atoms with Crippen molar-refractivity contribution in [2.45, 2.75) is 32.4 Å². The van der Waals surface area contributed by atoms with Gasteiger partial charge in [-0.15, -0.1) is 22.7 Å². The molecule has 7 nitrogen and oxygen atoms in total. The highest BCUT2D eigenvalue weighted by atomic mass is 32.1. The molecule has 3 aromatic heterocycles. The number of carbonyl (C=O) groups excluding carboxylic acids is 2. The van der Waals surface area contributed by atoms with Crippen LogP contribution in [0.5, 0.6) is 0 Å². The van der Waals surface area contributed by atoms with Gasteiger partial charge in [-0.05, 0) is 43.3 Å². The van der Waals surface area contributed by atoms with Crippen LogP contribution in [0.1, 0.15) is 48.9 Å². The van der Waals surface area contributed by atoms with E-state index in [0.29, 0.717) is 18.0 Å². The summed E-state index contributed by atoms with van der Waals surface area (Å²) in [5.41, 5.74) is -0.224. The zero-order valence-electron chi connectivity index (χ0n) is 16.0. The van der Waals surface area contributed by atoms with E-state index in [1.165, 1.54) is 22.7 Å². The summed E-state index contributed by atoms with van der Waals surface area (Å²) in [5.74, 6) is 0.761. The number of likely N-dealkylation sites (tertiary alicyclic amines) is 1. The number of amides is 2. The van der Waals surface area contributed by atoms with Crippen molar-refractivity contribution in [2.75, 3.05) is 13.1 Å².